The summed E-state index contributed by atoms with van der Waals surface area (Å²) < 4.78 is 45.8. The van der Waals surface area contributed by atoms with Crippen molar-refractivity contribution in [2.45, 2.75) is 75.3 Å². The second-order valence-corrected chi connectivity index (χ2v) is 13.3. The third kappa shape index (κ3) is 3.74. The molecule has 34 heavy (non-hydrogen) atoms. The fourth-order valence-electron chi connectivity index (χ4n) is 5.44. The number of hydrogen-bond donors (Lipinski definition) is 0. The molecule has 3 aliphatic rings. The Morgan fingerprint density at radius 1 is 1.21 bits per heavy atom. The Morgan fingerprint density at radius 3 is 2.56 bits per heavy atom. The molecule has 1 amide bonds. The number of nitrogens with zero attached hydrogens (tertiary/aromatic N) is 4. The van der Waals surface area contributed by atoms with E-state index in [2.05, 4.69) is 25.9 Å². The van der Waals surface area contributed by atoms with Gasteiger partial charge in [-0.25, -0.2) is 27.6 Å². The molecule has 0 radical (unpaired) electrons. The quantitative estimate of drug-likeness (QED) is 0.365. The number of aromatic nitrogens is 2. The zero-order valence-electron chi connectivity index (χ0n) is 19.2. The lowest BCUT2D eigenvalue weighted by Crippen LogP contribution is -2.62. The highest BCUT2D eigenvalue weighted by Crippen LogP contribution is 2.47. The Bertz CT molecular complexity index is 1330. The Balaban J connectivity index is 1.68. The number of amides is 1. The summed E-state index contributed by atoms with van der Waals surface area (Å²) in [6.07, 6.45) is 3.38. The van der Waals surface area contributed by atoms with E-state index in [9.17, 15) is 13.2 Å². The highest BCUT2D eigenvalue weighted by Gasteiger charge is 2.51. The van der Waals surface area contributed by atoms with Gasteiger partial charge in [0.25, 0.3) is 0 Å². The molecule has 0 spiro atoms. The maximum atomic E-state index is 15.3. The van der Waals surface area contributed by atoms with Crippen LogP contribution < -0.4 is 4.90 Å². The number of aryl methyl sites for hydroxylation is 1. The summed E-state index contributed by atoms with van der Waals surface area (Å²) in [4.78, 5) is 25.5. The number of carbonyl (C=O) groups is 1. The van der Waals surface area contributed by atoms with Crippen molar-refractivity contribution < 1.29 is 22.3 Å². The van der Waals surface area contributed by atoms with Crippen molar-refractivity contribution in [2.24, 2.45) is 0 Å². The lowest BCUT2D eigenvalue weighted by molar-refractivity contribution is 0.00722. The molecule has 5 rings (SSSR count). The monoisotopic (exact) mass is 574 g/mol. The second-order valence-electron chi connectivity index (χ2n) is 10.2. The molecule has 2 aromatic rings. The van der Waals surface area contributed by atoms with Crippen LogP contribution in [0.25, 0.3) is 10.9 Å². The molecule has 0 unspecified atom stereocenters. The van der Waals surface area contributed by atoms with Crippen LogP contribution in [0.1, 0.15) is 45.6 Å². The van der Waals surface area contributed by atoms with Crippen LogP contribution in [0.4, 0.5) is 15.0 Å². The molecule has 2 saturated heterocycles. The topological polar surface area (TPSA) is 92.7 Å². The van der Waals surface area contributed by atoms with Crippen LogP contribution in [0, 0.1) is 5.82 Å². The van der Waals surface area contributed by atoms with Gasteiger partial charge >= 0.3 is 6.09 Å². The number of carbonyl (C=O) groups excluding carboxylic acids is 1. The summed E-state index contributed by atoms with van der Waals surface area (Å²) >= 11 is 9.76. The van der Waals surface area contributed by atoms with Crippen molar-refractivity contribution in [1.82, 2.24) is 14.9 Å². The largest absolute Gasteiger partial charge is 0.444 e. The number of sulfone groups is 1. The minimum absolute atomic E-state index is 0.0533. The molecule has 4 heterocycles. The average molecular weight is 576 g/mol. The van der Waals surface area contributed by atoms with Crippen LogP contribution in [-0.4, -0.2) is 65.9 Å². The van der Waals surface area contributed by atoms with Gasteiger partial charge in [0.15, 0.2) is 5.82 Å². The van der Waals surface area contributed by atoms with Crippen molar-refractivity contribution in [3.8, 4) is 0 Å². The third-order valence-electron chi connectivity index (χ3n) is 6.73. The van der Waals surface area contributed by atoms with Gasteiger partial charge in [-0.2, -0.15) is 0 Å². The lowest BCUT2D eigenvalue weighted by atomic mass is 9.97. The summed E-state index contributed by atoms with van der Waals surface area (Å²) in [5.41, 5.74) is -0.0122. The van der Waals surface area contributed by atoms with Crippen LogP contribution in [0.2, 0.25) is 5.02 Å². The van der Waals surface area contributed by atoms with Crippen LogP contribution in [-0.2, 0) is 21.0 Å². The zero-order chi connectivity index (χ0) is 24.7. The Hall–Kier alpha value is -1.72. The van der Waals surface area contributed by atoms with Crippen LogP contribution in [0.5, 0.6) is 0 Å². The van der Waals surface area contributed by atoms with Crippen LogP contribution in [0.3, 0.4) is 0 Å². The molecule has 3 aliphatic heterocycles. The highest BCUT2D eigenvalue weighted by atomic mass is 79.9. The molecular formula is C22H25BrClFN4O4S. The summed E-state index contributed by atoms with van der Waals surface area (Å²) in [7, 11) is -3.81. The standard InChI is InChI=1S/C22H25BrClFN4O4S/c1-22(2,3)33-21(30)29-10-5-7-13(29)12-8-6-11-14-18(17(25)15(23)16(11)24)26-20(34(4,31)32)27-19(14)28(12)9-10/h10,12-13H,5-9H2,1-4H3/t10-,12-,13+/m1/s1. The number of piperazine rings is 1. The molecule has 1 aromatic carbocycles. The lowest BCUT2D eigenvalue weighted by Gasteiger charge is -2.47. The molecule has 2 fully saturated rings. The molecule has 0 N–H and O–H groups in total. The fourth-order valence-corrected chi connectivity index (χ4v) is 6.65. The third-order valence-corrected chi connectivity index (χ3v) is 8.96. The molecule has 1 aromatic heterocycles. The van der Waals surface area contributed by atoms with Gasteiger partial charge in [0.1, 0.15) is 16.9 Å². The highest BCUT2D eigenvalue weighted by molar-refractivity contribution is 9.10. The molecule has 12 heteroatoms. The van der Waals surface area contributed by atoms with Crippen LogP contribution >= 0.6 is 27.5 Å². The van der Waals surface area contributed by atoms with E-state index in [-0.39, 0.29) is 39.2 Å². The smallest absolute Gasteiger partial charge is 0.410 e. The average Bonchev–Trinajstić information content (AvgIpc) is 2.95. The first-order valence-electron chi connectivity index (χ1n) is 11.1. The van der Waals surface area contributed by atoms with E-state index in [0.717, 1.165) is 19.1 Å². The predicted octanol–water partition coefficient (Wildman–Crippen LogP) is 4.49. The van der Waals surface area contributed by atoms with Crippen molar-refractivity contribution in [3.63, 3.8) is 0 Å². The number of fused-ring (bicyclic) bond motifs is 5. The first kappa shape index (κ1) is 24.0. The second kappa shape index (κ2) is 7.89. The van der Waals surface area contributed by atoms with E-state index in [1.165, 1.54) is 0 Å². The van der Waals surface area contributed by atoms with E-state index in [1.807, 2.05) is 30.6 Å². The summed E-state index contributed by atoms with van der Waals surface area (Å²) in [5, 5.41) is 0.235. The molecule has 184 valence electrons. The van der Waals surface area contributed by atoms with Gasteiger partial charge in [-0.1, -0.05) is 11.6 Å². The van der Waals surface area contributed by atoms with Gasteiger partial charge in [0.2, 0.25) is 15.0 Å². The Labute approximate surface area is 210 Å². The van der Waals surface area contributed by atoms with Gasteiger partial charge in [-0.3, -0.25) is 4.90 Å². The zero-order valence-corrected chi connectivity index (χ0v) is 22.4. The summed E-state index contributed by atoms with van der Waals surface area (Å²) in [6, 6.07) is -0.413. The Kier molecular flexibility index (Phi) is 5.57. The van der Waals surface area contributed by atoms with Gasteiger partial charge in [0.05, 0.1) is 33.0 Å². The molecule has 3 atom stereocenters. The minimum atomic E-state index is -3.81. The van der Waals surface area contributed by atoms with E-state index >= 15 is 4.39 Å². The SMILES string of the molecule is CC(C)(C)OC(=O)N1[C@@H]2CC[C@H]1[C@H]1CCc3c(Cl)c(Br)c(F)c4nc(S(C)(=O)=O)nc(c34)N1C2. The van der Waals surface area contributed by atoms with Gasteiger partial charge in [-0.15, -0.1) is 0 Å². The molecule has 0 saturated carbocycles. The van der Waals surface area contributed by atoms with E-state index in [0.29, 0.717) is 36.2 Å². The van der Waals surface area contributed by atoms with E-state index in [4.69, 9.17) is 16.3 Å². The predicted molar refractivity (Wildman–Crippen MR) is 130 cm³/mol. The minimum Gasteiger partial charge on any atom is -0.444 e. The summed E-state index contributed by atoms with van der Waals surface area (Å²) in [5.74, 6) is -0.358. The molecule has 8 nitrogen and oxygen atoms in total. The maximum Gasteiger partial charge on any atom is 0.410 e. The Morgan fingerprint density at radius 2 is 1.91 bits per heavy atom. The maximum absolute atomic E-state index is 15.3. The number of anilines is 1. The molecule has 2 bridgehead atoms. The number of benzene rings is 1. The van der Waals surface area contributed by atoms with Crippen molar-refractivity contribution in [1.29, 1.82) is 0 Å². The first-order valence-corrected chi connectivity index (χ1v) is 14.2. The van der Waals surface area contributed by atoms with Crippen molar-refractivity contribution in [2.75, 3.05) is 17.7 Å². The first-order chi connectivity index (χ1) is 15.8. The van der Waals surface area contributed by atoms with Gasteiger partial charge in [0, 0.05) is 12.8 Å². The van der Waals surface area contributed by atoms with Crippen LogP contribution in [0.15, 0.2) is 9.63 Å². The van der Waals surface area contributed by atoms with Gasteiger partial charge in [-0.05, 0) is 67.9 Å². The van der Waals surface area contributed by atoms with E-state index < -0.39 is 26.4 Å². The number of rotatable bonds is 1. The van der Waals surface area contributed by atoms with Crippen molar-refractivity contribution >= 4 is 60.2 Å². The summed E-state index contributed by atoms with van der Waals surface area (Å²) in [6.45, 7) is 5.95. The number of halogens is 3. The number of hydrogen-bond acceptors (Lipinski definition) is 7. The normalized spacial score (nSPS) is 24.3. The molecule has 0 aliphatic carbocycles. The molecular weight excluding hydrogens is 551 g/mol. The van der Waals surface area contributed by atoms with Gasteiger partial charge < -0.3 is 9.64 Å². The number of ether oxygens (including phenoxy) is 1. The fraction of sp³-hybridized carbons (Fsp3) is 0.591. The van der Waals surface area contributed by atoms with Crippen molar-refractivity contribution in [3.05, 3.63) is 20.9 Å². The van der Waals surface area contributed by atoms with E-state index in [1.54, 1.807) is 0 Å².